The Bertz CT molecular complexity index is 1050. The predicted octanol–water partition coefficient (Wildman–Crippen LogP) is 1.47. The Kier molecular flexibility index (Phi) is 4.16. The van der Waals surface area contributed by atoms with Crippen LogP contribution in [-0.2, 0) is 0 Å². The second-order valence-electron chi connectivity index (χ2n) is 6.25. The van der Waals surface area contributed by atoms with Gasteiger partial charge in [-0.05, 0) is 43.5 Å². The van der Waals surface area contributed by atoms with Gasteiger partial charge in [-0.15, -0.1) is 0 Å². The van der Waals surface area contributed by atoms with Crippen molar-refractivity contribution >= 4 is 17.0 Å². The third-order valence-electron chi connectivity index (χ3n) is 4.61. The lowest BCUT2D eigenvalue weighted by molar-refractivity contribution is 0.414. The van der Waals surface area contributed by atoms with Crippen LogP contribution in [0, 0.1) is 0 Å². The van der Waals surface area contributed by atoms with Crippen LogP contribution < -0.4 is 20.9 Å². The number of aromatic amines is 1. The molecule has 0 saturated carbocycles. The van der Waals surface area contributed by atoms with Crippen molar-refractivity contribution in [2.24, 2.45) is 0 Å². The van der Waals surface area contributed by atoms with E-state index in [1.807, 2.05) is 0 Å². The van der Waals surface area contributed by atoms with Gasteiger partial charge in [0, 0.05) is 19.3 Å². The number of rotatable bonds is 3. The second-order valence-corrected chi connectivity index (χ2v) is 6.25. The Morgan fingerprint density at radius 3 is 2.50 bits per heavy atom. The van der Waals surface area contributed by atoms with Crippen molar-refractivity contribution in [2.45, 2.75) is 19.3 Å². The Morgan fingerprint density at radius 1 is 1.08 bits per heavy atom. The van der Waals surface area contributed by atoms with Crippen LogP contribution in [0.1, 0.15) is 19.3 Å². The zero-order valence-electron chi connectivity index (χ0n) is 14.4. The molecular formula is C18H19N5O3. The number of aromatic nitrogens is 4. The zero-order chi connectivity index (χ0) is 18.1. The molecule has 1 N–H and O–H groups in total. The highest BCUT2D eigenvalue weighted by atomic mass is 16.5. The molecule has 1 aliphatic heterocycles. The van der Waals surface area contributed by atoms with E-state index in [4.69, 9.17) is 4.74 Å². The average Bonchev–Trinajstić information content (AvgIpc) is 2.69. The number of ether oxygens (including phenoxy) is 1. The first kappa shape index (κ1) is 16.3. The van der Waals surface area contributed by atoms with Crippen molar-refractivity contribution in [3.05, 3.63) is 51.3 Å². The molecule has 2 aromatic heterocycles. The second kappa shape index (κ2) is 6.62. The smallest absolute Gasteiger partial charge is 0.334 e. The minimum atomic E-state index is -0.532. The lowest BCUT2D eigenvalue weighted by atomic mass is 10.1. The van der Waals surface area contributed by atoms with Gasteiger partial charge < -0.3 is 9.64 Å². The highest BCUT2D eigenvalue weighted by molar-refractivity contribution is 5.73. The summed E-state index contributed by atoms with van der Waals surface area (Å²) in [4.78, 5) is 38.8. The summed E-state index contributed by atoms with van der Waals surface area (Å²) in [5, 5.41) is 0.279. The molecule has 0 spiro atoms. The number of piperidine rings is 1. The predicted molar refractivity (Wildman–Crippen MR) is 98.4 cm³/mol. The summed E-state index contributed by atoms with van der Waals surface area (Å²) in [6.07, 6.45) is 4.88. The van der Waals surface area contributed by atoms with Gasteiger partial charge in [-0.25, -0.2) is 14.3 Å². The van der Waals surface area contributed by atoms with Gasteiger partial charge in [-0.3, -0.25) is 9.78 Å². The fraction of sp³-hybridized carbons (Fsp3) is 0.333. The van der Waals surface area contributed by atoms with Crippen molar-refractivity contribution in [2.75, 3.05) is 25.1 Å². The Balaban J connectivity index is 1.81. The average molecular weight is 353 g/mol. The Morgan fingerprint density at radius 2 is 1.81 bits per heavy atom. The molecule has 1 saturated heterocycles. The van der Waals surface area contributed by atoms with Gasteiger partial charge in [0.15, 0.2) is 5.65 Å². The summed E-state index contributed by atoms with van der Waals surface area (Å²) < 4.78 is 6.18. The number of benzene rings is 1. The molecule has 0 amide bonds. The number of nitrogens with one attached hydrogen (secondary N) is 1. The summed E-state index contributed by atoms with van der Waals surface area (Å²) in [5.74, 6) is 1.20. The molecule has 134 valence electrons. The van der Waals surface area contributed by atoms with Gasteiger partial charge in [0.2, 0.25) is 5.95 Å². The quantitative estimate of drug-likeness (QED) is 0.766. The van der Waals surface area contributed by atoms with Gasteiger partial charge in [0.05, 0.1) is 12.8 Å². The monoisotopic (exact) mass is 353 g/mol. The van der Waals surface area contributed by atoms with E-state index in [1.165, 1.54) is 12.6 Å². The van der Waals surface area contributed by atoms with Gasteiger partial charge in [-0.2, -0.15) is 4.98 Å². The van der Waals surface area contributed by atoms with Crippen molar-refractivity contribution < 1.29 is 4.74 Å². The SMILES string of the molecule is COc1ccc(-n2c(=O)[nH]c3nc(N4CCCCC4)ncc3c2=O)cc1. The summed E-state index contributed by atoms with van der Waals surface area (Å²) in [5.41, 5.74) is -0.255. The number of fused-ring (bicyclic) bond motifs is 1. The van der Waals surface area contributed by atoms with Gasteiger partial charge in [-0.1, -0.05) is 0 Å². The van der Waals surface area contributed by atoms with E-state index in [2.05, 4.69) is 19.9 Å². The summed E-state index contributed by atoms with van der Waals surface area (Å²) in [7, 11) is 1.56. The molecule has 3 aromatic rings. The molecule has 8 heteroatoms. The molecule has 0 unspecified atom stereocenters. The molecule has 1 aromatic carbocycles. The number of H-pyrrole nitrogens is 1. The number of nitrogens with zero attached hydrogens (tertiary/aromatic N) is 4. The third kappa shape index (κ3) is 2.83. The fourth-order valence-corrected chi connectivity index (χ4v) is 3.21. The lowest BCUT2D eigenvalue weighted by Crippen LogP contribution is -2.35. The third-order valence-corrected chi connectivity index (χ3v) is 4.61. The first-order valence-corrected chi connectivity index (χ1v) is 8.59. The van der Waals surface area contributed by atoms with Crippen molar-refractivity contribution in [3.8, 4) is 11.4 Å². The molecular weight excluding hydrogens is 334 g/mol. The van der Waals surface area contributed by atoms with Crippen LogP contribution in [-0.4, -0.2) is 39.7 Å². The Labute approximate surface area is 149 Å². The lowest BCUT2D eigenvalue weighted by Gasteiger charge is -2.26. The van der Waals surface area contributed by atoms with E-state index < -0.39 is 11.2 Å². The maximum atomic E-state index is 12.8. The molecule has 8 nitrogen and oxygen atoms in total. The number of methoxy groups -OCH3 is 1. The molecule has 0 aliphatic carbocycles. The first-order valence-electron chi connectivity index (χ1n) is 8.59. The van der Waals surface area contributed by atoms with E-state index >= 15 is 0 Å². The van der Waals surface area contributed by atoms with Crippen LogP contribution in [0.5, 0.6) is 5.75 Å². The van der Waals surface area contributed by atoms with Crippen molar-refractivity contribution in [1.29, 1.82) is 0 Å². The molecule has 0 radical (unpaired) electrons. The zero-order valence-corrected chi connectivity index (χ0v) is 14.4. The van der Waals surface area contributed by atoms with Crippen molar-refractivity contribution in [3.63, 3.8) is 0 Å². The van der Waals surface area contributed by atoms with Gasteiger partial charge in [0.1, 0.15) is 11.1 Å². The normalized spacial score (nSPS) is 14.6. The van der Waals surface area contributed by atoms with Gasteiger partial charge >= 0.3 is 5.69 Å². The van der Waals surface area contributed by atoms with Crippen LogP contribution in [0.15, 0.2) is 40.1 Å². The molecule has 4 rings (SSSR count). The minimum Gasteiger partial charge on any atom is -0.497 e. The van der Waals surface area contributed by atoms with E-state index in [9.17, 15) is 9.59 Å². The van der Waals surface area contributed by atoms with Crippen LogP contribution in [0.2, 0.25) is 0 Å². The molecule has 26 heavy (non-hydrogen) atoms. The molecule has 0 bridgehead atoms. The largest absolute Gasteiger partial charge is 0.497 e. The highest BCUT2D eigenvalue weighted by Gasteiger charge is 2.16. The molecule has 1 fully saturated rings. The van der Waals surface area contributed by atoms with Crippen molar-refractivity contribution in [1.82, 2.24) is 19.5 Å². The van der Waals surface area contributed by atoms with E-state index in [0.29, 0.717) is 17.4 Å². The minimum absolute atomic E-state index is 0.264. The number of hydrogen-bond acceptors (Lipinski definition) is 6. The molecule has 1 aliphatic rings. The first-order chi connectivity index (χ1) is 12.7. The number of hydrogen-bond donors (Lipinski definition) is 1. The van der Waals surface area contributed by atoms with Crippen LogP contribution in [0.25, 0.3) is 16.7 Å². The highest BCUT2D eigenvalue weighted by Crippen LogP contribution is 2.17. The maximum Gasteiger partial charge on any atom is 0.334 e. The van der Waals surface area contributed by atoms with E-state index in [0.717, 1.165) is 30.5 Å². The standard InChI is InChI=1S/C18H19N5O3/c1-26-13-7-5-12(6-8-13)23-16(24)14-11-19-17(20-15(14)21-18(23)25)22-9-3-2-4-10-22/h5-8,11H,2-4,9-10H2,1H3,(H,19,20,21,25). The summed E-state index contributed by atoms with van der Waals surface area (Å²) >= 11 is 0. The molecule has 0 atom stereocenters. The fourth-order valence-electron chi connectivity index (χ4n) is 3.21. The van der Waals surface area contributed by atoms with Gasteiger partial charge in [0.25, 0.3) is 5.56 Å². The molecule has 3 heterocycles. The topological polar surface area (TPSA) is 93.1 Å². The van der Waals surface area contributed by atoms with Crippen LogP contribution in [0.3, 0.4) is 0 Å². The van der Waals surface area contributed by atoms with E-state index in [1.54, 1.807) is 31.4 Å². The summed E-state index contributed by atoms with van der Waals surface area (Å²) in [6.45, 7) is 1.78. The van der Waals surface area contributed by atoms with Crippen LogP contribution >= 0.6 is 0 Å². The summed E-state index contributed by atoms with van der Waals surface area (Å²) in [6, 6.07) is 6.71. The Hall–Kier alpha value is -3.16. The van der Waals surface area contributed by atoms with Crippen LogP contribution in [0.4, 0.5) is 5.95 Å². The maximum absolute atomic E-state index is 12.8. The van der Waals surface area contributed by atoms with E-state index in [-0.39, 0.29) is 11.0 Å². The number of anilines is 1.